The van der Waals surface area contributed by atoms with Crippen LogP contribution in [0.3, 0.4) is 0 Å². The van der Waals surface area contributed by atoms with Crippen molar-refractivity contribution in [1.82, 2.24) is 15.1 Å². The van der Waals surface area contributed by atoms with E-state index in [2.05, 4.69) is 10.4 Å². The summed E-state index contributed by atoms with van der Waals surface area (Å²) in [6, 6.07) is 4.58. The summed E-state index contributed by atoms with van der Waals surface area (Å²) in [6.45, 7) is 3.93. The van der Waals surface area contributed by atoms with Crippen LogP contribution in [0.25, 0.3) is 0 Å². The van der Waals surface area contributed by atoms with Gasteiger partial charge >= 0.3 is 0 Å². The van der Waals surface area contributed by atoms with E-state index in [-0.39, 0.29) is 24.7 Å². The van der Waals surface area contributed by atoms with Crippen molar-refractivity contribution in [3.63, 3.8) is 0 Å². The third-order valence-electron chi connectivity index (χ3n) is 4.43. The molecule has 2 aromatic rings. The number of ether oxygens (including phenoxy) is 2. The number of carbonyl (C=O) groups is 1. The second-order valence-electron chi connectivity index (χ2n) is 6.23. The zero-order valence-electron chi connectivity index (χ0n) is 14.8. The molecular weight excluding hydrogens is 325 g/mol. The third-order valence-corrected chi connectivity index (χ3v) is 4.43. The summed E-state index contributed by atoms with van der Waals surface area (Å²) in [4.78, 5) is 12.7. The molecule has 2 atom stereocenters. The van der Waals surface area contributed by atoms with Crippen molar-refractivity contribution in [3.05, 3.63) is 46.5 Å². The minimum atomic E-state index is -0.415. The van der Waals surface area contributed by atoms with E-state index in [1.54, 1.807) is 23.9 Å². The zero-order chi connectivity index (χ0) is 18.1. The van der Waals surface area contributed by atoms with Crippen molar-refractivity contribution in [2.24, 2.45) is 7.05 Å². The Balaban J connectivity index is 1.84. The molecule has 0 unspecified atom stereocenters. The maximum Gasteiger partial charge on any atom is 0.270 e. The van der Waals surface area contributed by atoms with E-state index in [1.165, 1.54) is 13.2 Å². The molecule has 0 bridgehead atoms. The van der Waals surface area contributed by atoms with Crippen molar-refractivity contribution < 1.29 is 18.7 Å². The molecule has 6 nitrogen and oxygen atoms in total. The SMILES string of the molecule is COc1cccc(F)c1CNC(=O)c1c2c(nn1C)[C@H](C)O[C@H](C)C2. The van der Waals surface area contributed by atoms with E-state index in [4.69, 9.17) is 9.47 Å². The van der Waals surface area contributed by atoms with Gasteiger partial charge in [0.15, 0.2) is 0 Å². The van der Waals surface area contributed by atoms with Crippen LogP contribution in [0, 0.1) is 5.82 Å². The van der Waals surface area contributed by atoms with Gasteiger partial charge in [-0.3, -0.25) is 9.48 Å². The van der Waals surface area contributed by atoms with E-state index < -0.39 is 5.82 Å². The van der Waals surface area contributed by atoms with E-state index >= 15 is 0 Å². The quantitative estimate of drug-likeness (QED) is 0.923. The minimum Gasteiger partial charge on any atom is -0.496 e. The van der Waals surface area contributed by atoms with Crippen molar-refractivity contribution in [2.75, 3.05) is 7.11 Å². The van der Waals surface area contributed by atoms with Gasteiger partial charge < -0.3 is 14.8 Å². The molecule has 0 spiro atoms. The fraction of sp³-hybridized carbons (Fsp3) is 0.444. The number of aromatic nitrogens is 2. The monoisotopic (exact) mass is 347 g/mol. The maximum atomic E-state index is 14.0. The first-order valence-electron chi connectivity index (χ1n) is 8.23. The number of nitrogens with zero attached hydrogens (tertiary/aromatic N) is 2. The fourth-order valence-electron chi connectivity index (χ4n) is 3.30. The number of amides is 1. The van der Waals surface area contributed by atoms with Crippen LogP contribution >= 0.6 is 0 Å². The number of aryl methyl sites for hydroxylation is 1. The number of fused-ring (bicyclic) bond motifs is 1. The fourth-order valence-corrected chi connectivity index (χ4v) is 3.30. The summed E-state index contributed by atoms with van der Waals surface area (Å²) in [7, 11) is 3.20. The number of rotatable bonds is 4. The molecule has 1 aromatic carbocycles. The molecule has 0 aliphatic carbocycles. The Kier molecular flexibility index (Phi) is 4.76. The number of hydrogen-bond acceptors (Lipinski definition) is 4. The van der Waals surface area contributed by atoms with Gasteiger partial charge in [0.05, 0.1) is 25.0 Å². The lowest BCUT2D eigenvalue weighted by Crippen LogP contribution is -2.28. The Bertz CT molecular complexity index is 803. The Hall–Kier alpha value is -2.41. The molecule has 1 aliphatic rings. The number of methoxy groups -OCH3 is 1. The molecule has 1 aliphatic heterocycles. The zero-order valence-corrected chi connectivity index (χ0v) is 14.8. The summed E-state index contributed by atoms with van der Waals surface area (Å²) in [6.07, 6.45) is 0.488. The Morgan fingerprint density at radius 1 is 1.48 bits per heavy atom. The summed E-state index contributed by atoms with van der Waals surface area (Å²) in [5.74, 6) is -0.298. The summed E-state index contributed by atoms with van der Waals surface area (Å²) < 4.78 is 26.5. The largest absolute Gasteiger partial charge is 0.496 e. The highest BCUT2D eigenvalue weighted by Crippen LogP contribution is 2.31. The topological polar surface area (TPSA) is 65.4 Å². The molecule has 7 heteroatoms. The van der Waals surface area contributed by atoms with Crippen LogP contribution < -0.4 is 10.1 Å². The third kappa shape index (κ3) is 3.24. The van der Waals surface area contributed by atoms with Crippen molar-refractivity contribution >= 4 is 5.91 Å². The number of halogens is 1. The van der Waals surface area contributed by atoms with E-state index in [0.717, 1.165) is 11.3 Å². The first-order chi connectivity index (χ1) is 11.9. The highest BCUT2D eigenvalue weighted by Gasteiger charge is 2.31. The normalized spacial score (nSPS) is 19.4. The Labute approximate surface area is 145 Å². The predicted molar refractivity (Wildman–Crippen MR) is 90.0 cm³/mol. The van der Waals surface area contributed by atoms with Gasteiger partial charge in [-0.1, -0.05) is 6.07 Å². The summed E-state index contributed by atoms with van der Waals surface area (Å²) in [5, 5.41) is 7.20. The Morgan fingerprint density at radius 3 is 2.96 bits per heavy atom. The van der Waals surface area contributed by atoms with Gasteiger partial charge in [0.2, 0.25) is 0 Å². The van der Waals surface area contributed by atoms with E-state index in [9.17, 15) is 9.18 Å². The molecule has 134 valence electrons. The highest BCUT2D eigenvalue weighted by molar-refractivity contribution is 5.94. The molecule has 3 rings (SSSR count). The van der Waals surface area contributed by atoms with Crippen LogP contribution in [-0.4, -0.2) is 28.9 Å². The Morgan fingerprint density at radius 2 is 2.24 bits per heavy atom. The first kappa shape index (κ1) is 17.4. The molecule has 2 heterocycles. The smallest absolute Gasteiger partial charge is 0.270 e. The number of nitrogens with one attached hydrogen (secondary N) is 1. The maximum absolute atomic E-state index is 14.0. The molecule has 1 N–H and O–H groups in total. The van der Waals surface area contributed by atoms with Gasteiger partial charge in [-0.25, -0.2) is 4.39 Å². The van der Waals surface area contributed by atoms with Crippen LogP contribution in [0.5, 0.6) is 5.75 Å². The van der Waals surface area contributed by atoms with Gasteiger partial charge in [0.25, 0.3) is 5.91 Å². The summed E-state index contributed by atoms with van der Waals surface area (Å²) in [5.41, 5.74) is 2.49. The molecule has 1 amide bonds. The van der Waals surface area contributed by atoms with Gasteiger partial charge in [-0.15, -0.1) is 0 Å². The average Bonchev–Trinajstić information content (AvgIpc) is 2.89. The number of benzene rings is 1. The number of carbonyl (C=O) groups excluding carboxylic acids is 1. The van der Waals surface area contributed by atoms with Gasteiger partial charge in [-0.2, -0.15) is 5.10 Å². The van der Waals surface area contributed by atoms with Crippen LogP contribution in [-0.2, 0) is 24.8 Å². The van der Waals surface area contributed by atoms with Crippen molar-refractivity contribution in [1.29, 1.82) is 0 Å². The lowest BCUT2D eigenvalue weighted by Gasteiger charge is -2.24. The number of hydrogen-bond donors (Lipinski definition) is 1. The van der Waals surface area contributed by atoms with Gasteiger partial charge in [-0.05, 0) is 26.0 Å². The minimum absolute atomic E-state index is 0.0184. The van der Waals surface area contributed by atoms with Crippen LogP contribution in [0.15, 0.2) is 18.2 Å². The van der Waals surface area contributed by atoms with Gasteiger partial charge in [0, 0.05) is 31.1 Å². The molecule has 0 fully saturated rings. The highest BCUT2D eigenvalue weighted by atomic mass is 19.1. The molecule has 25 heavy (non-hydrogen) atoms. The average molecular weight is 347 g/mol. The van der Waals surface area contributed by atoms with Crippen LogP contribution in [0.1, 0.15) is 47.3 Å². The lowest BCUT2D eigenvalue weighted by molar-refractivity contribution is -0.00710. The van der Waals surface area contributed by atoms with E-state index in [0.29, 0.717) is 23.4 Å². The van der Waals surface area contributed by atoms with Crippen LogP contribution in [0.2, 0.25) is 0 Å². The van der Waals surface area contributed by atoms with Crippen LogP contribution in [0.4, 0.5) is 4.39 Å². The van der Waals surface area contributed by atoms with Gasteiger partial charge in [0.1, 0.15) is 17.3 Å². The first-order valence-corrected chi connectivity index (χ1v) is 8.23. The second-order valence-corrected chi connectivity index (χ2v) is 6.23. The second kappa shape index (κ2) is 6.84. The molecule has 0 saturated carbocycles. The van der Waals surface area contributed by atoms with Crippen molar-refractivity contribution in [2.45, 2.75) is 39.0 Å². The summed E-state index contributed by atoms with van der Waals surface area (Å²) >= 11 is 0. The standard InChI is InChI=1S/C18H22FN3O3/c1-10-8-12-16(11(2)25-10)21-22(3)17(12)18(23)20-9-13-14(19)6-5-7-15(13)24-4/h5-7,10-11H,8-9H2,1-4H3,(H,20,23)/t10-,11+/m1/s1. The molecular formula is C18H22FN3O3. The lowest BCUT2D eigenvalue weighted by atomic mass is 9.99. The van der Waals surface area contributed by atoms with Crippen molar-refractivity contribution in [3.8, 4) is 5.75 Å². The molecule has 0 saturated heterocycles. The molecule has 1 aromatic heterocycles. The van der Waals surface area contributed by atoms with E-state index in [1.807, 2.05) is 13.8 Å². The molecule has 0 radical (unpaired) electrons. The predicted octanol–water partition coefficient (Wildman–Crippen LogP) is 2.52.